The fourth-order valence-electron chi connectivity index (χ4n) is 1.69. The molecule has 1 amide bonds. The van der Waals surface area contributed by atoms with E-state index in [2.05, 4.69) is 21.2 Å². The Kier molecular flexibility index (Phi) is 5.54. The number of carbonyl (C=O) groups excluding carboxylic acids is 1. The fraction of sp³-hybridized carbons (Fsp3) is 0.429. The average Bonchev–Trinajstić information content (AvgIpc) is 2.29. The first kappa shape index (κ1) is 15.7. The second kappa shape index (κ2) is 6.70. The van der Waals surface area contributed by atoms with Crippen LogP contribution in [-0.2, 0) is 16.0 Å². The minimum atomic E-state index is -0.852. The second-order valence-corrected chi connectivity index (χ2v) is 6.04. The van der Waals surface area contributed by atoms with Crippen LogP contribution in [0.4, 0.5) is 0 Å². The van der Waals surface area contributed by atoms with Crippen LogP contribution in [0.5, 0.6) is 0 Å². The summed E-state index contributed by atoms with van der Waals surface area (Å²) >= 11 is 3.34. The van der Waals surface area contributed by atoms with E-state index in [1.165, 1.54) is 0 Å². The molecule has 0 aliphatic carbocycles. The van der Waals surface area contributed by atoms with Crippen molar-refractivity contribution >= 4 is 27.8 Å². The van der Waals surface area contributed by atoms with Gasteiger partial charge in [0, 0.05) is 16.4 Å². The van der Waals surface area contributed by atoms with Crippen LogP contribution in [0.2, 0.25) is 0 Å². The number of amides is 1. The molecule has 2 N–H and O–H groups in total. The quantitative estimate of drug-likeness (QED) is 0.844. The number of halogens is 1. The normalized spacial score (nSPS) is 11.1. The molecular formula is C14H18BrNO3. The van der Waals surface area contributed by atoms with Crippen molar-refractivity contribution in [3.05, 3.63) is 34.3 Å². The van der Waals surface area contributed by atoms with E-state index in [9.17, 15) is 9.59 Å². The predicted octanol–water partition coefficient (Wildman–Crippen LogP) is 2.75. The zero-order valence-corrected chi connectivity index (χ0v) is 12.7. The molecule has 0 aromatic heterocycles. The van der Waals surface area contributed by atoms with Crippen LogP contribution in [0.25, 0.3) is 0 Å². The summed E-state index contributed by atoms with van der Waals surface area (Å²) in [4.78, 5) is 22.4. The van der Waals surface area contributed by atoms with Gasteiger partial charge in [-0.1, -0.05) is 28.1 Å². The fourth-order valence-corrected chi connectivity index (χ4v) is 1.96. The highest BCUT2D eigenvalue weighted by Crippen LogP contribution is 2.13. The summed E-state index contributed by atoms with van der Waals surface area (Å²) in [6.45, 7) is 3.66. The van der Waals surface area contributed by atoms with Gasteiger partial charge in [-0.3, -0.25) is 9.59 Å². The van der Waals surface area contributed by atoms with Crippen molar-refractivity contribution in [2.75, 3.05) is 0 Å². The van der Waals surface area contributed by atoms with E-state index < -0.39 is 11.5 Å². The Hall–Kier alpha value is -1.36. The van der Waals surface area contributed by atoms with Gasteiger partial charge in [-0.2, -0.15) is 0 Å². The molecule has 0 saturated heterocycles. The topological polar surface area (TPSA) is 66.4 Å². The summed E-state index contributed by atoms with van der Waals surface area (Å²) in [5.74, 6) is -0.951. The number of carbonyl (C=O) groups is 2. The number of hydrogen-bond acceptors (Lipinski definition) is 2. The molecule has 1 rings (SSSR count). The van der Waals surface area contributed by atoms with Crippen molar-refractivity contribution in [3.8, 4) is 0 Å². The van der Waals surface area contributed by atoms with Gasteiger partial charge in [-0.25, -0.2) is 0 Å². The highest BCUT2D eigenvalue weighted by atomic mass is 79.9. The maximum atomic E-state index is 11.9. The van der Waals surface area contributed by atoms with Crippen LogP contribution in [0, 0.1) is 0 Å². The third-order valence-electron chi connectivity index (χ3n) is 2.72. The lowest BCUT2D eigenvalue weighted by molar-refractivity contribution is -0.137. The van der Waals surface area contributed by atoms with Crippen molar-refractivity contribution in [2.24, 2.45) is 0 Å². The Labute approximate surface area is 121 Å². The van der Waals surface area contributed by atoms with Gasteiger partial charge >= 0.3 is 5.97 Å². The van der Waals surface area contributed by atoms with E-state index in [-0.39, 0.29) is 12.3 Å². The summed E-state index contributed by atoms with van der Waals surface area (Å²) < 4.78 is 0.971. The first-order chi connectivity index (χ1) is 8.78. The van der Waals surface area contributed by atoms with Crippen molar-refractivity contribution < 1.29 is 14.7 Å². The van der Waals surface area contributed by atoms with Crippen LogP contribution in [0.1, 0.15) is 32.3 Å². The SMILES string of the molecule is CC(C)(CCC(=O)O)NC(=O)Cc1ccc(Br)cc1. The van der Waals surface area contributed by atoms with Crippen LogP contribution < -0.4 is 5.32 Å². The standard InChI is InChI=1S/C14H18BrNO3/c1-14(2,8-7-13(18)19)16-12(17)9-10-3-5-11(15)6-4-10/h3-6H,7-9H2,1-2H3,(H,16,17)(H,18,19). The summed E-state index contributed by atoms with van der Waals surface area (Å²) in [6, 6.07) is 7.54. The predicted molar refractivity (Wildman–Crippen MR) is 76.9 cm³/mol. The Morgan fingerprint density at radius 2 is 1.84 bits per heavy atom. The molecule has 19 heavy (non-hydrogen) atoms. The van der Waals surface area contributed by atoms with Gasteiger partial charge in [-0.15, -0.1) is 0 Å². The molecule has 0 spiro atoms. The Morgan fingerprint density at radius 3 is 2.37 bits per heavy atom. The minimum absolute atomic E-state index is 0.0472. The Bertz CT molecular complexity index is 454. The Morgan fingerprint density at radius 1 is 1.26 bits per heavy atom. The summed E-state index contributed by atoms with van der Waals surface area (Å²) in [5.41, 5.74) is 0.417. The lowest BCUT2D eigenvalue weighted by Gasteiger charge is -2.25. The number of rotatable bonds is 6. The molecule has 1 aromatic carbocycles. The maximum absolute atomic E-state index is 11.9. The molecule has 5 heteroatoms. The molecule has 1 aromatic rings. The van der Waals surface area contributed by atoms with Gasteiger partial charge in [0.15, 0.2) is 0 Å². The number of nitrogens with one attached hydrogen (secondary N) is 1. The highest BCUT2D eigenvalue weighted by molar-refractivity contribution is 9.10. The smallest absolute Gasteiger partial charge is 0.303 e. The van der Waals surface area contributed by atoms with Crippen molar-refractivity contribution in [1.82, 2.24) is 5.32 Å². The summed E-state index contributed by atoms with van der Waals surface area (Å²) in [6.07, 6.45) is 0.754. The molecule has 104 valence electrons. The van der Waals surface area contributed by atoms with Gasteiger partial charge in [0.25, 0.3) is 0 Å². The van der Waals surface area contributed by atoms with Gasteiger partial charge in [0.2, 0.25) is 5.91 Å². The van der Waals surface area contributed by atoms with Crippen LogP contribution >= 0.6 is 15.9 Å². The van der Waals surface area contributed by atoms with E-state index in [0.29, 0.717) is 12.8 Å². The van der Waals surface area contributed by atoms with Gasteiger partial charge in [-0.05, 0) is 38.0 Å². The third-order valence-corrected chi connectivity index (χ3v) is 3.25. The van der Waals surface area contributed by atoms with Gasteiger partial charge < -0.3 is 10.4 Å². The first-order valence-corrected chi connectivity index (χ1v) is 6.85. The molecule has 0 bridgehead atoms. The van der Waals surface area contributed by atoms with Crippen molar-refractivity contribution in [2.45, 2.75) is 38.6 Å². The molecule has 0 saturated carbocycles. The second-order valence-electron chi connectivity index (χ2n) is 5.13. The number of aliphatic carboxylic acids is 1. The molecule has 0 fully saturated rings. The molecule has 0 aliphatic heterocycles. The molecule has 4 nitrogen and oxygen atoms in total. The van der Waals surface area contributed by atoms with Crippen LogP contribution in [0.15, 0.2) is 28.7 Å². The van der Waals surface area contributed by atoms with Crippen molar-refractivity contribution in [1.29, 1.82) is 0 Å². The average molecular weight is 328 g/mol. The van der Waals surface area contributed by atoms with E-state index >= 15 is 0 Å². The monoisotopic (exact) mass is 327 g/mol. The van der Waals surface area contributed by atoms with Gasteiger partial charge in [0.05, 0.1) is 6.42 Å². The van der Waals surface area contributed by atoms with E-state index in [1.54, 1.807) is 0 Å². The molecule has 0 heterocycles. The zero-order valence-electron chi connectivity index (χ0n) is 11.1. The molecule has 0 unspecified atom stereocenters. The zero-order chi connectivity index (χ0) is 14.5. The largest absolute Gasteiger partial charge is 0.481 e. The number of carboxylic acid groups (broad SMARTS) is 1. The van der Waals surface area contributed by atoms with Crippen molar-refractivity contribution in [3.63, 3.8) is 0 Å². The summed E-state index contributed by atoms with van der Waals surface area (Å²) in [5, 5.41) is 11.5. The summed E-state index contributed by atoms with van der Waals surface area (Å²) in [7, 11) is 0. The number of benzene rings is 1. The lowest BCUT2D eigenvalue weighted by Crippen LogP contribution is -2.44. The van der Waals surface area contributed by atoms with E-state index in [1.807, 2.05) is 38.1 Å². The van der Waals surface area contributed by atoms with E-state index in [0.717, 1.165) is 10.0 Å². The van der Waals surface area contributed by atoms with Gasteiger partial charge in [0.1, 0.15) is 0 Å². The minimum Gasteiger partial charge on any atom is -0.481 e. The van der Waals surface area contributed by atoms with E-state index in [4.69, 9.17) is 5.11 Å². The Balaban J connectivity index is 2.50. The maximum Gasteiger partial charge on any atom is 0.303 e. The number of hydrogen-bond donors (Lipinski definition) is 2. The first-order valence-electron chi connectivity index (χ1n) is 6.06. The highest BCUT2D eigenvalue weighted by Gasteiger charge is 2.21. The molecule has 0 aliphatic rings. The number of carboxylic acids is 1. The molecule has 0 atom stereocenters. The van der Waals surface area contributed by atoms with Crippen LogP contribution in [0.3, 0.4) is 0 Å². The molecule has 0 radical (unpaired) electrons. The molecular weight excluding hydrogens is 310 g/mol. The third kappa shape index (κ3) is 6.38. The lowest BCUT2D eigenvalue weighted by atomic mass is 9.98. The van der Waals surface area contributed by atoms with Crippen LogP contribution in [-0.4, -0.2) is 22.5 Å².